The molecule has 0 unspecified atom stereocenters. The van der Waals surface area contributed by atoms with Crippen molar-refractivity contribution in [3.8, 4) is 55.6 Å². The molecule has 0 saturated heterocycles. The zero-order valence-electron chi connectivity index (χ0n) is 37.8. The van der Waals surface area contributed by atoms with Gasteiger partial charge in [0.2, 0.25) is 0 Å². The molecule has 0 aliphatic heterocycles. The lowest BCUT2D eigenvalue weighted by Crippen LogP contribution is -2.28. The molecule has 324 valence electrons. The second-order valence-electron chi connectivity index (χ2n) is 18.0. The molecule has 0 saturated carbocycles. The molecule has 1 aliphatic rings. The van der Waals surface area contributed by atoms with Gasteiger partial charge in [0.15, 0.2) is 0 Å². The highest BCUT2D eigenvalue weighted by Crippen LogP contribution is 2.59. The lowest BCUT2D eigenvalue weighted by atomic mass is 9.67. The first kappa shape index (κ1) is 40.3. The van der Waals surface area contributed by atoms with Crippen LogP contribution in [0, 0.1) is 0 Å². The Kier molecular flexibility index (Phi) is 9.77. The summed E-state index contributed by atoms with van der Waals surface area (Å²) in [6.45, 7) is 0. The molecule has 1 aliphatic carbocycles. The number of fused-ring (bicyclic) bond motifs is 6. The number of para-hydroxylation sites is 2. The minimum atomic E-state index is -0.529. The average molecular weight is 880 g/mol. The Morgan fingerprint density at radius 2 is 0.739 bits per heavy atom. The standard InChI is InChI=1S/C67H45NO/c1-5-17-46(18-6-1)47-31-38-54(39-32-47)68(56-42-35-50(36-43-56)58-27-15-28-60-59-25-13-14-30-64(59)69-66(58)60)55-40-33-48(34-41-55)51-37-44-61-63(45-51)67(52-21-9-3-10-22-52,53-23-11-4-12-24-53)62-29-16-26-57(65(61)62)49-19-7-2-8-20-49/h1-45H. The molecule has 0 bridgehead atoms. The van der Waals surface area contributed by atoms with Gasteiger partial charge in [-0.3, -0.25) is 0 Å². The van der Waals surface area contributed by atoms with Crippen LogP contribution in [0.2, 0.25) is 0 Å². The van der Waals surface area contributed by atoms with Crippen LogP contribution in [0.1, 0.15) is 22.3 Å². The van der Waals surface area contributed by atoms with Crippen LogP contribution in [0.3, 0.4) is 0 Å². The van der Waals surface area contributed by atoms with Crippen molar-refractivity contribution in [2.45, 2.75) is 5.41 Å². The van der Waals surface area contributed by atoms with Gasteiger partial charge in [0.1, 0.15) is 11.2 Å². The number of rotatable bonds is 9. The van der Waals surface area contributed by atoms with Crippen LogP contribution in [0.25, 0.3) is 77.6 Å². The van der Waals surface area contributed by atoms with Crippen molar-refractivity contribution in [2.24, 2.45) is 0 Å². The van der Waals surface area contributed by atoms with Crippen LogP contribution in [0.5, 0.6) is 0 Å². The fourth-order valence-electron chi connectivity index (χ4n) is 11.0. The van der Waals surface area contributed by atoms with Gasteiger partial charge in [-0.1, -0.05) is 224 Å². The van der Waals surface area contributed by atoms with Crippen LogP contribution < -0.4 is 4.90 Å². The summed E-state index contributed by atoms with van der Waals surface area (Å²) in [6, 6.07) is 99.2. The maximum Gasteiger partial charge on any atom is 0.143 e. The predicted octanol–water partition coefficient (Wildman–Crippen LogP) is 18.1. The molecule has 0 atom stereocenters. The molecule has 0 N–H and O–H groups in total. The highest BCUT2D eigenvalue weighted by Gasteiger charge is 2.47. The molecule has 0 fully saturated rings. The molecule has 69 heavy (non-hydrogen) atoms. The molecule has 2 nitrogen and oxygen atoms in total. The smallest absolute Gasteiger partial charge is 0.143 e. The minimum Gasteiger partial charge on any atom is -0.455 e. The topological polar surface area (TPSA) is 16.4 Å². The van der Waals surface area contributed by atoms with Crippen molar-refractivity contribution in [3.63, 3.8) is 0 Å². The largest absolute Gasteiger partial charge is 0.455 e. The van der Waals surface area contributed by atoms with Crippen molar-refractivity contribution in [1.29, 1.82) is 0 Å². The molecule has 0 spiro atoms. The van der Waals surface area contributed by atoms with E-state index in [1.165, 1.54) is 61.2 Å². The van der Waals surface area contributed by atoms with E-state index >= 15 is 0 Å². The number of nitrogens with zero attached hydrogens (tertiary/aromatic N) is 1. The summed E-state index contributed by atoms with van der Waals surface area (Å²) >= 11 is 0. The summed E-state index contributed by atoms with van der Waals surface area (Å²) in [5.41, 5.74) is 21.5. The van der Waals surface area contributed by atoms with Gasteiger partial charge < -0.3 is 9.32 Å². The number of anilines is 3. The third kappa shape index (κ3) is 6.72. The van der Waals surface area contributed by atoms with E-state index in [2.05, 4.69) is 266 Å². The molecule has 13 rings (SSSR count). The predicted molar refractivity (Wildman–Crippen MR) is 287 cm³/mol. The van der Waals surface area contributed by atoms with E-state index in [4.69, 9.17) is 4.42 Å². The zero-order valence-corrected chi connectivity index (χ0v) is 37.8. The van der Waals surface area contributed by atoms with Crippen molar-refractivity contribution in [1.82, 2.24) is 0 Å². The molecule has 0 radical (unpaired) electrons. The van der Waals surface area contributed by atoms with E-state index in [9.17, 15) is 0 Å². The third-order valence-electron chi connectivity index (χ3n) is 14.2. The second kappa shape index (κ2) is 16.7. The van der Waals surface area contributed by atoms with Crippen molar-refractivity contribution in [2.75, 3.05) is 4.90 Å². The van der Waals surface area contributed by atoms with Crippen LogP contribution in [-0.2, 0) is 5.41 Å². The monoisotopic (exact) mass is 879 g/mol. The Morgan fingerprint density at radius 1 is 0.290 bits per heavy atom. The molecule has 2 heteroatoms. The number of hydrogen-bond acceptors (Lipinski definition) is 2. The van der Waals surface area contributed by atoms with Gasteiger partial charge in [0.05, 0.1) is 5.41 Å². The number of benzene rings is 11. The van der Waals surface area contributed by atoms with Gasteiger partial charge in [0, 0.05) is 33.4 Å². The van der Waals surface area contributed by atoms with Gasteiger partial charge in [-0.15, -0.1) is 0 Å². The fourth-order valence-corrected chi connectivity index (χ4v) is 11.0. The van der Waals surface area contributed by atoms with Gasteiger partial charge in [0.25, 0.3) is 0 Å². The van der Waals surface area contributed by atoms with E-state index in [-0.39, 0.29) is 0 Å². The summed E-state index contributed by atoms with van der Waals surface area (Å²) in [5.74, 6) is 0. The quantitative estimate of drug-likeness (QED) is 0.144. The number of furan rings is 1. The summed E-state index contributed by atoms with van der Waals surface area (Å²) < 4.78 is 6.46. The van der Waals surface area contributed by atoms with Gasteiger partial charge >= 0.3 is 0 Å². The average Bonchev–Trinajstić information content (AvgIpc) is 3.97. The van der Waals surface area contributed by atoms with Crippen molar-refractivity contribution < 1.29 is 4.42 Å². The summed E-state index contributed by atoms with van der Waals surface area (Å²) in [5, 5.41) is 2.26. The first-order valence-electron chi connectivity index (χ1n) is 23.7. The van der Waals surface area contributed by atoms with Crippen molar-refractivity contribution >= 4 is 39.0 Å². The van der Waals surface area contributed by atoms with Crippen LogP contribution in [-0.4, -0.2) is 0 Å². The Morgan fingerprint density at radius 3 is 1.36 bits per heavy atom. The Bertz CT molecular complexity index is 3740. The summed E-state index contributed by atoms with van der Waals surface area (Å²) in [6.07, 6.45) is 0. The highest BCUT2D eigenvalue weighted by atomic mass is 16.3. The van der Waals surface area contributed by atoms with Crippen LogP contribution >= 0.6 is 0 Å². The molecule has 0 amide bonds. The maximum absolute atomic E-state index is 6.46. The SMILES string of the molecule is c1ccc(-c2ccc(N(c3ccc(-c4ccc5c(c4)C(c4ccccc4)(c4ccccc4)c4cccc(-c6ccccc6)c4-5)cc3)c3ccc(-c4cccc5c4oc4ccccc45)cc3)cc2)cc1. The van der Waals surface area contributed by atoms with Gasteiger partial charge in [-0.2, -0.15) is 0 Å². The first-order valence-corrected chi connectivity index (χ1v) is 23.7. The molecular weight excluding hydrogens is 835 g/mol. The second-order valence-corrected chi connectivity index (χ2v) is 18.0. The van der Waals surface area contributed by atoms with Crippen LogP contribution in [0.15, 0.2) is 277 Å². The first-order chi connectivity index (χ1) is 34.2. The Labute approximate surface area is 402 Å². The fraction of sp³-hybridized carbons (Fsp3) is 0.0149. The van der Waals surface area contributed by atoms with E-state index in [1.807, 2.05) is 12.1 Å². The van der Waals surface area contributed by atoms with Gasteiger partial charge in [-0.05, 0) is 121 Å². The van der Waals surface area contributed by atoms with Crippen LogP contribution in [0.4, 0.5) is 17.1 Å². The lowest BCUT2D eigenvalue weighted by molar-refractivity contribution is 0.670. The molecular formula is C67H45NO. The molecule has 11 aromatic carbocycles. The summed E-state index contributed by atoms with van der Waals surface area (Å²) in [4.78, 5) is 2.35. The molecule has 1 aromatic heterocycles. The van der Waals surface area contributed by atoms with Gasteiger partial charge in [-0.25, -0.2) is 0 Å². The minimum absolute atomic E-state index is 0.529. The highest BCUT2D eigenvalue weighted by molar-refractivity contribution is 6.09. The molecule has 1 heterocycles. The molecule has 12 aromatic rings. The normalized spacial score (nSPS) is 12.5. The van der Waals surface area contributed by atoms with E-state index in [0.717, 1.165) is 55.7 Å². The lowest BCUT2D eigenvalue weighted by Gasteiger charge is -2.34. The maximum atomic E-state index is 6.46. The summed E-state index contributed by atoms with van der Waals surface area (Å²) in [7, 11) is 0. The van der Waals surface area contributed by atoms with E-state index < -0.39 is 5.41 Å². The Hall–Kier alpha value is -8.98. The third-order valence-corrected chi connectivity index (χ3v) is 14.2. The van der Waals surface area contributed by atoms with E-state index in [0.29, 0.717) is 0 Å². The zero-order chi connectivity index (χ0) is 45.7. The van der Waals surface area contributed by atoms with Crippen molar-refractivity contribution in [3.05, 3.63) is 295 Å². The Balaban J connectivity index is 0.928. The number of hydrogen-bond donors (Lipinski definition) is 0. The van der Waals surface area contributed by atoms with E-state index in [1.54, 1.807) is 0 Å².